The second kappa shape index (κ2) is 7.87. The zero-order valence-electron chi connectivity index (χ0n) is 16.2. The molecule has 0 aliphatic carbocycles. The van der Waals surface area contributed by atoms with Gasteiger partial charge in [0.2, 0.25) is 5.88 Å². The van der Waals surface area contributed by atoms with Crippen molar-refractivity contribution in [3.8, 4) is 11.8 Å². The lowest BCUT2D eigenvalue weighted by atomic mass is 9.83. The van der Waals surface area contributed by atoms with Crippen LogP contribution in [0.1, 0.15) is 29.2 Å². The van der Waals surface area contributed by atoms with Crippen LogP contribution >= 0.6 is 0 Å². The van der Waals surface area contributed by atoms with E-state index >= 15 is 0 Å². The number of rotatable bonds is 5. The lowest BCUT2D eigenvalue weighted by molar-refractivity contribution is 0.375. The van der Waals surface area contributed by atoms with Gasteiger partial charge in [0.05, 0.1) is 11.5 Å². The molecule has 1 atom stereocenters. The molecule has 1 unspecified atom stereocenters. The smallest absolute Gasteiger partial charge is 0.258 e. The number of fused-ring (bicyclic) bond motifs is 1. The predicted octanol–water partition coefficient (Wildman–Crippen LogP) is 2.47. The van der Waals surface area contributed by atoms with Crippen LogP contribution in [0, 0.1) is 24.1 Å². The van der Waals surface area contributed by atoms with E-state index in [1.165, 1.54) is 6.07 Å². The third kappa shape index (κ3) is 3.51. The first kappa shape index (κ1) is 19.6. The Morgan fingerprint density at radius 3 is 2.71 bits per heavy atom. The molecular formula is C21H23FN4O2. The van der Waals surface area contributed by atoms with Gasteiger partial charge in [-0.05, 0) is 40.1 Å². The zero-order chi connectivity index (χ0) is 20.4. The minimum absolute atomic E-state index is 0.0402. The van der Waals surface area contributed by atoms with Crippen molar-refractivity contribution >= 4 is 0 Å². The van der Waals surface area contributed by atoms with E-state index in [2.05, 4.69) is 0 Å². The number of nitrogens with zero attached hydrogens (tertiary/aromatic N) is 3. The first-order valence-electron chi connectivity index (χ1n) is 9.06. The number of allylic oxidation sites excluding steroid dienone is 1. The van der Waals surface area contributed by atoms with Crippen molar-refractivity contribution in [1.82, 2.24) is 9.47 Å². The Bertz CT molecular complexity index is 1030. The van der Waals surface area contributed by atoms with E-state index in [9.17, 15) is 14.4 Å². The Kier molecular flexibility index (Phi) is 5.52. The van der Waals surface area contributed by atoms with Crippen LogP contribution in [0.15, 0.2) is 46.6 Å². The minimum atomic E-state index is -0.900. The second-order valence-electron chi connectivity index (χ2n) is 7.12. The number of ether oxygens (including phenoxy) is 1. The number of nitrogens with two attached hydrogens (primary N) is 1. The number of hydrogen-bond donors (Lipinski definition) is 1. The zero-order valence-corrected chi connectivity index (χ0v) is 16.2. The van der Waals surface area contributed by atoms with Gasteiger partial charge in [-0.1, -0.05) is 18.2 Å². The van der Waals surface area contributed by atoms with Crippen LogP contribution in [0.5, 0.6) is 5.75 Å². The van der Waals surface area contributed by atoms with Crippen molar-refractivity contribution in [1.29, 1.82) is 5.26 Å². The van der Waals surface area contributed by atoms with Crippen molar-refractivity contribution in [2.75, 3.05) is 20.6 Å². The van der Waals surface area contributed by atoms with E-state index in [1.54, 1.807) is 28.8 Å². The molecule has 146 valence electrons. The first-order chi connectivity index (χ1) is 13.3. The monoisotopic (exact) mass is 382 g/mol. The largest absolute Gasteiger partial charge is 0.440 e. The number of hydrogen-bond acceptors (Lipinski definition) is 5. The second-order valence-corrected chi connectivity index (χ2v) is 7.12. The van der Waals surface area contributed by atoms with Gasteiger partial charge in [-0.3, -0.25) is 4.79 Å². The number of aryl methyl sites for hydroxylation is 1. The van der Waals surface area contributed by atoms with Crippen LogP contribution in [-0.2, 0) is 6.54 Å². The molecular weight excluding hydrogens is 359 g/mol. The summed E-state index contributed by atoms with van der Waals surface area (Å²) in [5.74, 6) is -1.23. The summed E-state index contributed by atoms with van der Waals surface area (Å²) in [6, 6.07) is 9.82. The molecule has 0 fully saturated rings. The van der Waals surface area contributed by atoms with Gasteiger partial charge >= 0.3 is 0 Å². The molecule has 0 amide bonds. The third-order valence-electron chi connectivity index (χ3n) is 4.89. The van der Waals surface area contributed by atoms with Gasteiger partial charge in [0.25, 0.3) is 5.56 Å². The summed E-state index contributed by atoms with van der Waals surface area (Å²) in [5, 5.41) is 9.62. The molecule has 1 aliphatic heterocycles. The lowest BCUT2D eigenvalue weighted by Gasteiger charge is -2.27. The molecule has 0 radical (unpaired) electrons. The molecule has 1 aromatic heterocycles. The summed E-state index contributed by atoms with van der Waals surface area (Å²) < 4.78 is 21.8. The van der Waals surface area contributed by atoms with Crippen molar-refractivity contribution in [2.24, 2.45) is 5.73 Å². The number of aromatic nitrogens is 1. The molecule has 0 bridgehead atoms. The third-order valence-corrected chi connectivity index (χ3v) is 4.89. The summed E-state index contributed by atoms with van der Waals surface area (Å²) in [6.45, 7) is 3.16. The first-order valence-corrected chi connectivity index (χ1v) is 9.06. The summed E-state index contributed by atoms with van der Waals surface area (Å²) >= 11 is 0. The van der Waals surface area contributed by atoms with Crippen molar-refractivity contribution < 1.29 is 9.13 Å². The van der Waals surface area contributed by atoms with Crippen LogP contribution in [-0.4, -0.2) is 30.1 Å². The van der Waals surface area contributed by atoms with Gasteiger partial charge in [-0.15, -0.1) is 0 Å². The Morgan fingerprint density at radius 2 is 2.07 bits per heavy atom. The van der Waals surface area contributed by atoms with Crippen LogP contribution < -0.4 is 16.0 Å². The number of nitriles is 1. The highest BCUT2D eigenvalue weighted by atomic mass is 19.1. The highest BCUT2D eigenvalue weighted by molar-refractivity contribution is 5.55. The molecule has 28 heavy (non-hydrogen) atoms. The fraction of sp³-hybridized carbons (Fsp3) is 0.333. The lowest BCUT2D eigenvalue weighted by Crippen LogP contribution is -2.33. The average Bonchev–Trinajstić information content (AvgIpc) is 2.63. The standard InChI is InChI=1S/C21H23FN4O2/c1-13-11-17-19(21(27)26(13)10-6-9-25(2)3)18(15(12-23)20(24)28-17)14-7-4-5-8-16(14)22/h4-5,7-8,11,18H,6,9-10,24H2,1-3H3. The fourth-order valence-corrected chi connectivity index (χ4v) is 3.53. The van der Waals surface area contributed by atoms with Gasteiger partial charge in [0.15, 0.2) is 0 Å². The fourth-order valence-electron chi connectivity index (χ4n) is 3.53. The predicted molar refractivity (Wildman–Crippen MR) is 104 cm³/mol. The molecule has 2 aromatic rings. The number of halogens is 1. The van der Waals surface area contributed by atoms with Crippen molar-refractivity contribution in [3.05, 3.63) is 74.8 Å². The Morgan fingerprint density at radius 1 is 1.36 bits per heavy atom. The van der Waals surface area contributed by atoms with E-state index in [0.717, 1.165) is 18.7 Å². The quantitative estimate of drug-likeness (QED) is 0.859. The maximum Gasteiger partial charge on any atom is 0.258 e. The van der Waals surface area contributed by atoms with Gasteiger partial charge in [0.1, 0.15) is 23.2 Å². The average molecular weight is 382 g/mol. The van der Waals surface area contributed by atoms with Gasteiger partial charge in [0, 0.05) is 23.9 Å². The Labute approximate surface area is 163 Å². The minimum Gasteiger partial charge on any atom is -0.440 e. The molecule has 2 N–H and O–H groups in total. The summed E-state index contributed by atoms with van der Waals surface area (Å²) in [5.41, 5.74) is 6.88. The molecule has 6 nitrogen and oxygen atoms in total. The van der Waals surface area contributed by atoms with E-state index < -0.39 is 11.7 Å². The SMILES string of the molecule is Cc1cc2c(c(=O)n1CCCN(C)C)C(c1ccccc1F)C(C#N)=C(N)O2. The van der Waals surface area contributed by atoms with Crippen molar-refractivity contribution in [3.63, 3.8) is 0 Å². The Balaban J connectivity index is 2.19. The normalized spacial score (nSPS) is 15.9. The molecule has 1 aromatic carbocycles. The number of benzene rings is 1. The highest BCUT2D eigenvalue weighted by Crippen LogP contribution is 2.41. The van der Waals surface area contributed by atoms with Gasteiger partial charge < -0.3 is 19.9 Å². The molecule has 0 saturated heterocycles. The van der Waals surface area contributed by atoms with Crippen LogP contribution in [0.4, 0.5) is 4.39 Å². The highest BCUT2D eigenvalue weighted by Gasteiger charge is 2.35. The van der Waals surface area contributed by atoms with E-state index in [0.29, 0.717) is 6.54 Å². The topological polar surface area (TPSA) is 84.3 Å². The molecule has 0 saturated carbocycles. The van der Waals surface area contributed by atoms with Crippen LogP contribution in [0.2, 0.25) is 0 Å². The maximum absolute atomic E-state index is 14.6. The van der Waals surface area contributed by atoms with E-state index in [-0.39, 0.29) is 33.9 Å². The van der Waals surface area contributed by atoms with Gasteiger partial charge in [-0.2, -0.15) is 5.26 Å². The summed E-state index contributed by atoms with van der Waals surface area (Å²) in [4.78, 5) is 15.4. The van der Waals surface area contributed by atoms with Crippen molar-refractivity contribution in [2.45, 2.75) is 25.8 Å². The molecule has 1 aliphatic rings. The van der Waals surface area contributed by atoms with Crippen LogP contribution in [0.25, 0.3) is 0 Å². The molecule has 3 rings (SSSR count). The molecule has 0 spiro atoms. The van der Waals surface area contributed by atoms with Crippen LogP contribution in [0.3, 0.4) is 0 Å². The summed E-state index contributed by atoms with van der Waals surface area (Å²) in [7, 11) is 3.94. The molecule has 2 heterocycles. The van der Waals surface area contributed by atoms with E-state index in [4.69, 9.17) is 10.5 Å². The maximum atomic E-state index is 14.6. The molecule has 7 heteroatoms. The van der Waals surface area contributed by atoms with Gasteiger partial charge in [-0.25, -0.2) is 4.39 Å². The summed E-state index contributed by atoms with van der Waals surface area (Å²) in [6.07, 6.45) is 0.779. The Hall–Kier alpha value is -3.11. The number of pyridine rings is 1. The van der Waals surface area contributed by atoms with E-state index in [1.807, 2.05) is 32.0 Å².